The Morgan fingerprint density at radius 2 is 1.89 bits per heavy atom. The Morgan fingerprint density at radius 1 is 1.06 bits per heavy atom. The first-order chi connectivity index (χ1) is 8.65. The molecule has 0 N–H and O–H groups in total. The molecule has 0 bridgehead atoms. The van der Waals surface area contributed by atoms with Crippen molar-refractivity contribution in [2.45, 2.75) is 6.92 Å². The molecule has 5 nitrogen and oxygen atoms in total. The molecule has 3 heterocycles. The highest BCUT2D eigenvalue weighted by molar-refractivity contribution is 6.32. The van der Waals surface area contributed by atoms with E-state index in [1.807, 2.05) is 28.8 Å². The van der Waals surface area contributed by atoms with Gasteiger partial charge in [0.2, 0.25) is 5.28 Å². The van der Waals surface area contributed by atoms with Crippen molar-refractivity contribution in [2.24, 2.45) is 0 Å². The smallest absolute Gasteiger partial charge is 0.226 e. The molecule has 3 aromatic rings. The average molecular weight is 280 g/mol. The van der Waals surface area contributed by atoms with E-state index in [2.05, 4.69) is 19.9 Å². The number of pyridine rings is 1. The van der Waals surface area contributed by atoms with E-state index in [0.717, 1.165) is 5.65 Å². The SMILES string of the molecule is Cc1nc(Cl)nc(-c2c(Cl)nc3ccccn23)n1. The second-order valence-corrected chi connectivity index (χ2v) is 4.35. The molecule has 0 spiro atoms. The number of rotatable bonds is 1. The first-order valence-electron chi connectivity index (χ1n) is 5.16. The van der Waals surface area contributed by atoms with Crippen LogP contribution in [0.1, 0.15) is 5.82 Å². The van der Waals surface area contributed by atoms with Gasteiger partial charge in [-0.1, -0.05) is 17.7 Å². The Morgan fingerprint density at radius 3 is 2.67 bits per heavy atom. The molecular formula is C11H7Cl2N5. The maximum absolute atomic E-state index is 6.13. The van der Waals surface area contributed by atoms with E-state index in [4.69, 9.17) is 23.2 Å². The van der Waals surface area contributed by atoms with Gasteiger partial charge in [0.25, 0.3) is 0 Å². The van der Waals surface area contributed by atoms with Crippen LogP contribution in [0.2, 0.25) is 10.4 Å². The minimum atomic E-state index is 0.138. The average Bonchev–Trinajstić information content (AvgIpc) is 2.63. The molecule has 7 heteroatoms. The summed E-state index contributed by atoms with van der Waals surface area (Å²) in [7, 11) is 0. The lowest BCUT2D eigenvalue weighted by Gasteiger charge is -2.02. The number of hydrogen-bond acceptors (Lipinski definition) is 4. The molecule has 0 aliphatic carbocycles. The summed E-state index contributed by atoms with van der Waals surface area (Å²) in [6, 6.07) is 5.61. The molecule has 0 amide bonds. The first-order valence-corrected chi connectivity index (χ1v) is 5.92. The molecule has 0 saturated heterocycles. The molecule has 0 atom stereocenters. The van der Waals surface area contributed by atoms with Crippen LogP contribution in [0.25, 0.3) is 17.2 Å². The summed E-state index contributed by atoms with van der Waals surface area (Å²) in [6.45, 7) is 1.74. The van der Waals surface area contributed by atoms with Gasteiger partial charge in [0.05, 0.1) is 0 Å². The molecule has 0 aliphatic heterocycles. The Balaban J connectivity index is 2.34. The fraction of sp³-hybridized carbons (Fsp3) is 0.0909. The van der Waals surface area contributed by atoms with Crippen LogP contribution in [0.3, 0.4) is 0 Å². The highest BCUT2D eigenvalue weighted by atomic mass is 35.5. The second kappa shape index (κ2) is 4.19. The van der Waals surface area contributed by atoms with Gasteiger partial charge in [-0.05, 0) is 30.7 Å². The third-order valence-corrected chi connectivity index (χ3v) is 2.85. The number of aromatic nitrogens is 5. The molecule has 0 aromatic carbocycles. The van der Waals surface area contributed by atoms with E-state index in [1.165, 1.54) is 0 Å². The summed E-state index contributed by atoms with van der Waals surface area (Å²) in [4.78, 5) is 16.5. The Kier molecular flexibility index (Phi) is 2.65. The standard InChI is InChI=1S/C11H7Cl2N5/c1-6-14-10(17-11(13)15-6)8-9(12)16-7-4-2-3-5-18(7)8/h2-5H,1H3. The third kappa shape index (κ3) is 1.81. The summed E-state index contributed by atoms with van der Waals surface area (Å²) in [5.41, 5.74) is 1.34. The monoisotopic (exact) mass is 279 g/mol. The van der Waals surface area contributed by atoms with Crippen LogP contribution < -0.4 is 0 Å². The van der Waals surface area contributed by atoms with Crippen LogP contribution in [0.4, 0.5) is 0 Å². The zero-order chi connectivity index (χ0) is 12.7. The van der Waals surface area contributed by atoms with Crippen molar-refractivity contribution < 1.29 is 0 Å². The number of fused-ring (bicyclic) bond motifs is 1. The number of halogens is 2. The van der Waals surface area contributed by atoms with Gasteiger partial charge in [-0.3, -0.25) is 4.40 Å². The van der Waals surface area contributed by atoms with E-state index in [1.54, 1.807) is 6.92 Å². The molecule has 90 valence electrons. The Bertz CT molecular complexity index is 717. The van der Waals surface area contributed by atoms with Crippen LogP contribution in [-0.2, 0) is 0 Å². The van der Waals surface area contributed by atoms with Gasteiger partial charge in [0.15, 0.2) is 11.0 Å². The van der Waals surface area contributed by atoms with Crippen LogP contribution in [0.15, 0.2) is 24.4 Å². The van der Waals surface area contributed by atoms with Gasteiger partial charge in [-0.2, -0.15) is 4.98 Å². The molecule has 0 saturated carbocycles. The van der Waals surface area contributed by atoms with Crippen LogP contribution in [-0.4, -0.2) is 24.3 Å². The van der Waals surface area contributed by atoms with E-state index in [-0.39, 0.29) is 5.28 Å². The second-order valence-electron chi connectivity index (χ2n) is 3.66. The summed E-state index contributed by atoms with van der Waals surface area (Å²) in [5.74, 6) is 0.947. The van der Waals surface area contributed by atoms with Crippen molar-refractivity contribution in [2.75, 3.05) is 0 Å². The molecular weight excluding hydrogens is 273 g/mol. The number of hydrogen-bond donors (Lipinski definition) is 0. The van der Waals surface area contributed by atoms with Crippen LogP contribution in [0.5, 0.6) is 0 Å². The molecule has 18 heavy (non-hydrogen) atoms. The third-order valence-electron chi connectivity index (χ3n) is 2.42. The largest absolute Gasteiger partial charge is 0.296 e. The summed E-state index contributed by atoms with van der Waals surface area (Å²) < 4.78 is 1.81. The van der Waals surface area contributed by atoms with Crippen molar-refractivity contribution in [3.05, 3.63) is 40.7 Å². The number of nitrogens with zero attached hydrogens (tertiary/aromatic N) is 5. The lowest BCUT2D eigenvalue weighted by molar-refractivity contribution is 0.971. The van der Waals surface area contributed by atoms with Crippen molar-refractivity contribution in [3.63, 3.8) is 0 Å². The van der Waals surface area contributed by atoms with Crippen molar-refractivity contribution >= 4 is 28.8 Å². The molecule has 3 rings (SSSR count). The van der Waals surface area contributed by atoms with Gasteiger partial charge < -0.3 is 0 Å². The normalized spacial score (nSPS) is 11.1. The predicted octanol–water partition coefficient (Wildman–Crippen LogP) is 2.80. The maximum Gasteiger partial charge on any atom is 0.226 e. The van der Waals surface area contributed by atoms with Gasteiger partial charge in [0.1, 0.15) is 17.2 Å². The zero-order valence-corrected chi connectivity index (χ0v) is 10.8. The number of imidazole rings is 1. The van der Waals surface area contributed by atoms with Crippen molar-refractivity contribution in [3.8, 4) is 11.5 Å². The highest BCUT2D eigenvalue weighted by Gasteiger charge is 2.15. The van der Waals surface area contributed by atoms with E-state index in [0.29, 0.717) is 22.5 Å². The molecule has 0 fully saturated rings. The number of aryl methyl sites for hydroxylation is 1. The highest BCUT2D eigenvalue weighted by Crippen LogP contribution is 2.26. The van der Waals surface area contributed by atoms with Crippen LogP contribution in [0, 0.1) is 6.92 Å². The van der Waals surface area contributed by atoms with Crippen molar-refractivity contribution in [1.82, 2.24) is 24.3 Å². The molecule has 0 radical (unpaired) electrons. The van der Waals surface area contributed by atoms with E-state index < -0.39 is 0 Å². The summed E-state index contributed by atoms with van der Waals surface area (Å²) in [6.07, 6.45) is 1.84. The minimum Gasteiger partial charge on any atom is -0.296 e. The summed E-state index contributed by atoms with van der Waals surface area (Å²) in [5, 5.41) is 0.474. The van der Waals surface area contributed by atoms with Gasteiger partial charge in [0, 0.05) is 6.20 Å². The summed E-state index contributed by atoms with van der Waals surface area (Å²) >= 11 is 12.0. The molecule has 0 unspecified atom stereocenters. The minimum absolute atomic E-state index is 0.138. The molecule has 0 aliphatic rings. The van der Waals surface area contributed by atoms with E-state index >= 15 is 0 Å². The topological polar surface area (TPSA) is 56.0 Å². The molecule has 3 aromatic heterocycles. The fourth-order valence-corrected chi connectivity index (χ4v) is 2.19. The Hall–Kier alpha value is -1.72. The van der Waals surface area contributed by atoms with E-state index in [9.17, 15) is 0 Å². The quantitative estimate of drug-likeness (QED) is 0.687. The van der Waals surface area contributed by atoms with Gasteiger partial charge >= 0.3 is 0 Å². The first kappa shape index (κ1) is 11.4. The van der Waals surface area contributed by atoms with Gasteiger partial charge in [-0.15, -0.1) is 0 Å². The zero-order valence-electron chi connectivity index (χ0n) is 9.30. The predicted molar refractivity (Wildman–Crippen MR) is 68.8 cm³/mol. The van der Waals surface area contributed by atoms with Crippen molar-refractivity contribution in [1.29, 1.82) is 0 Å². The maximum atomic E-state index is 6.13. The lowest BCUT2D eigenvalue weighted by atomic mass is 10.4. The van der Waals surface area contributed by atoms with Gasteiger partial charge in [-0.25, -0.2) is 15.0 Å². The Labute approximate surface area is 112 Å². The fourth-order valence-electron chi connectivity index (χ4n) is 1.72. The van der Waals surface area contributed by atoms with Crippen LogP contribution >= 0.6 is 23.2 Å². The lowest BCUT2D eigenvalue weighted by Crippen LogP contribution is -1.99.